The Labute approximate surface area is 296 Å². The van der Waals surface area contributed by atoms with Crippen molar-refractivity contribution in [2.24, 2.45) is 0 Å². The van der Waals surface area contributed by atoms with Gasteiger partial charge in [0.1, 0.15) is 17.2 Å². The lowest BCUT2D eigenvalue weighted by Crippen LogP contribution is -2.18. The van der Waals surface area contributed by atoms with Crippen molar-refractivity contribution >= 4 is 21.8 Å². The zero-order valence-corrected chi connectivity index (χ0v) is 29.4. The number of methoxy groups -OCH3 is 4. The largest absolute Gasteiger partial charge is 0.497 e. The second-order valence-corrected chi connectivity index (χ2v) is 12.7. The molecule has 2 atom stereocenters. The molecule has 0 saturated carbocycles. The molecular formula is C40H43FN4O6. The van der Waals surface area contributed by atoms with E-state index in [1.54, 1.807) is 27.4 Å². The fourth-order valence-electron chi connectivity index (χ4n) is 6.74. The third-order valence-corrected chi connectivity index (χ3v) is 9.52. The van der Waals surface area contributed by atoms with Gasteiger partial charge in [0.15, 0.2) is 24.0 Å². The maximum atomic E-state index is 14.8. The second kappa shape index (κ2) is 15.4. The lowest BCUT2D eigenvalue weighted by atomic mass is 10.0. The number of hydrogen-bond donors (Lipinski definition) is 0. The van der Waals surface area contributed by atoms with Gasteiger partial charge in [-0.05, 0) is 85.5 Å². The molecule has 4 heterocycles. The van der Waals surface area contributed by atoms with E-state index in [1.807, 2.05) is 58.2 Å². The average Bonchev–Trinajstić information content (AvgIpc) is 3.83. The van der Waals surface area contributed by atoms with Gasteiger partial charge in [0.2, 0.25) is 0 Å². The lowest BCUT2D eigenvalue weighted by molar-refractivity contribution is -0.0367. The minimum Gasteiger partial charge on any atom is -0.497 e. The summed E-state index contributed by atoms with van der Waals surface area (Å²) in [7, 11) is 6.32. The van der Waals surface area contributed by atoms with Crippen LogP contribution in [0.4, 0.5) is 4.39 Å². The first-order valence-corrected chi connectivity index (χ1v) is 17.3. The molecule has 0 N–H and O–H groups in total. The zero-order valence-electron chi connectivity index (χ0n) is 29.4. The Bertz CT molecular complexity index is 2090. The first-order chi connectivity index (χ1) is 25.0. The maximum Gasteiger partial charge on any atom is 0.173 e. The smallest absolute Gasteiger partial charge is 0.173 e. The summed E-state index contributed by atoms with van der Waals surface area (Å²) < 4.78 is 51.7. The number of nitrogens with zero attached hydrogens (tertiary/aromatic N) is 4. The molecule has 0 bridgehead atoms. The number of fused-ring (bicyclic) bond motifs is 2. The number of halogens is 1. The Hall–Kier alpha value is -5.13. The van der Waals surface area contributed by atoms with Crippen LogP contribution in [0.3, 0.4) is 0 Å². The van der Waals surface area contributed by atoms with Crippen LogP contribution in [0.2, 0.25) is 0 Å². The fourth-order valence-corrected chi connectivity index (χ4v) is 6.74. The molecule has 266 valence electrons. The SMILES string of the molecule is COc1cc(OC)c(F)c(-c2ccc3cnn(C4CCCCO4)c3c2)c1.COc1cc(OC)cc(-c2ccc3cnn(C4CCCCO4)c3c2)c1. The minimum absolute atomic E-state index is 0.0290. The summed E-state index contributed by atoms with van der Waals surface area (Å²) in [5.74, 6) is 1.84. The van der Waals surface area contributed by atoms with Crippen LogP contribution in [0, 0.1) is 5.82 Å². The highest BCUT2D eigenvalue weighted by Crippen LogP contribution is 2.37. The van der Waals surface area contributed by atoms with Crippen LogP contribution >= 0.6 is 0 Å². The summed E-state index contributed by atoms with van der Waals surface area (Å²) in [6, 6.07) is 21.3. The molecule has 8 rings (SSSR count). The summed E-state index contributed by atoms with van der Waals surface area (Å²) in [5, 5.41) is 11.2. The van der Waals surface area contributed by atoms with E-state index in [0.29, 0.717) is 11.3 Å². The Balaban J connectivity index is 0.000000159. The van der Waals surface area contributed by atoms with E-state index in [4.69, 9.17) is 28.4 Å². The van der Waals surface area contributed by atoms with Crippen molar-refractivity contribution in [3.05, 3.63) is 84.9 Å². The molecule has 51 heavy (non-hydrogen) atoms. The van der Waals surface area contributed by atoms with Gasteiger partial charge in [0.25, 0.3) is 0 Å². The molecule has 11 heteroatoms. The van der Waals surface area contributed by atoms with Gasteiger partial charge >= 0.3 is 0 Å². The van der Waals surface area contributed by atoms with Gasteiger partial charge in [-0.15, -0.1) is 0 Å². The highest BCUT2D eigenvalue weighted by molar-refractivity contribution is 5.86. The molecule has 2 fully saturated rings. The summed E-state index contributed by atoms with van der Waals surface area (Å²) >= 11 is 0. The van der Waals surface area contributed by atoms with Gasteiger partial charge in [-0.1, -0.05) is 24.3 Å². The minimum atomic E-state index is -0.410. The predicted molar refractivity (Wildman–Crippen MR) is 194 cm³/mol. The first-order valence-electron chi connectivity index (χ1n) is 17.3. The second-order valence-electron chi connectivity index (χ2n) is 12.7. The van der Waals surface area contributed by atoms with Crippen molar-refractivity contribution in [3.63, 3.8) is 0 Å². The molecule has 10 nitrogen and oxygen atoms in total. The first kappa shape index (κ1) is 34.3. The normalized spacial score (nSPS) is 17.5. The number of ether oxygens (including phenoxy) is 6. The molecule has 0 amide bonds. The molecule has 2 aliphatic heterocycles. The van der Waals surface area contributed by atoms with E-state index in [0.717, 1.165) is 95.3 Å². The number of aromatic nitrogens is 4. The number of rotatable bonds is 8. The summed E-state index contributed by atoms with van der Waals surface area (Å²) in [5.41, 5.74) is 5.34. The highest BCUT2D eigenvalue weighted by atomic mass is 19.1. The highest BCUT2D eigenvalue weighted by Gasteiger charge is 2.21. The Morgan fingerprint density at radius 3 is 1.63 bits per heavy atom. The van der Waals surface area contributed by atoms with Crippen LogP contribution in [0.15, 0.2) is 79.1 Å². The van der Waals surface area contributed by atoms with Crippen molar-refractivity contribution in [3.8, 4) is 45.3 Å². The molecule has 0 radical (unpaired) electrons. The zero-order chi connectivity index (χ0) is 35.3. The van der Waals surface area contributed by atoms with Gasteiger partial charge < -0.3 is 28.4 Å². The van der Waals surface area contributed by atoms with Crippen molar-refractivity contribution in [2.45, 2.75) is 51.0 Å². The molecule has 0 aliphatic carbocycles. The third-order valence-electron chi connectivity index (χ3n) is 9.52. The topological polar surface area (TPSA) is 91.0 Å². The van der Waals surface area contributed by atoms with E-state index >= 15 is 0 Å². The van der Waals surface area contributed by atoms with E-state index < -0.39 is 5.82 Å². The van der Waals surface area contributed by atoms with Gasteiger partial charge in [0, 0.05) is 41.7 Å². The molecular weight excluding hydrogens is 651 g/mol. The molecule has 2 saturated heterocycles. The van der Waals surface area contributed by atoms with Crippen LogP contribution in [-0.2, 0) is 9.47 Å². The monoisotopic (exact) mass is 694 g/mol. The van der Waals surface area contributed by atoms with E-state index in [1.165, 1.54) is 19.6 Å². The maximum absolute atomic E-state index is 14.8. The van der Waals surface area contributed by atoms with Crippen LogP contribution in [-0.4, -0.2) is 61.2 Å². The van der Waals surface area contributed by atoms with Crippen LogP contribution in [0.1, 0.15) is 51.0 Å². The van der Waals surface area contributed by atoms with Crippen molar-refractivity contribution in [1.82, 2.24) is 19.6 Å². The van der Waals surface area contributed by atoms with Gasteiger partial charge in [-0.2, -0.15) is 10.2 Å². The Morgan fingerprint density at radius 1 is 0.588 bits per heavy atom. The molecule has 4 aromatic carbocycles. The fraction of sp³-hybridized carbons (Fsp3) is 0.350. The summed E-state index contributed by atoms with van der Waals surface area (Å²) in [6.07, 6.45) is 10.1. The Morgan fingerprint density at radius 2 is 1.12 bits per heavy atom. The summed E-state index contributed by atoms with van der Waals surface area (Å²) in [4.78, 5) is 0. The van der Waals surface area contributed by atoms with Crippen molar-refractivity contribution < 1.29 is 32.8 Å². The standard InChI is InChI=1S/C20H21FN2O3.C20H22N2O3/c1-24-15-10-16(20(21)18(11-15)25-2)13-6-7-14-12-22-23(17(14)9-13)19-5-3-4-8-26-19;1-23-17-9-16(10-18(12-17)24-2)14-6-7-15-13-21-22(19(15)11-14)20-5-3-4-8-25-20/h6-7,9-12,19H,3-5,8H2,1-2H3;6-7,9-13,20H,3-5,8H2,1-2H3. The van der Waals surface area contributed by atoms with E-state index in [-0.39, 0.29) is 18.2 Å². The molecule has 2 unspecified atom stereocenters. The van der Waals surface area contributed by atoms with E-state index in [9.17, 15) is 4.39 Å². The quantitative estimate of drug-likeness (QED) is 0.156. The summed E-state index contributed by atoms with van der Waals surface area (Å²) in [6.45, 7) is 1.55. The number of benzene rings is 4. The van der Waals surface area contributed by atoms with Crippen LogP contribution in [0.5, 0.6) is 23.0 Å². The van der Waals surface area contributed by atoms with Crippen LogP contribution < -0.4 is 18.9 Å². The molecule has 2 aliphatic rings. The van der Waals surface area contributed by atoms with Crippen LogP contribution in [0.25, 0.3) is 44.1 Å². The third kappa shape index (κ3) is 7.22. The predicted octanol–water partition coefficient (Wildman–Crippen LogP) is 8.98. The Kier molecular flexibility index (Phi) is 10.4. The van der Waals surface area contributed by atoms with Gasteiger partial charge in [-0.3, -0.25) is 0 Å². The van der Waals surface area contributed by atoms with Gasteiger partial charge in [-0.25, -0.2) is 13.8 Å². The molecule has 2 aromatic heterocycles. The van der Waals surface area contributed by atoms with Gasteiger partial charge in [0.05, 0.1) is 51.9 Å². The molecule has 0 spiro atoms. The molecule has 6 aromatic rings. The lowest BCUT2D eigenvalue weighted by Gasteiger charge is -2.23. The van der Waals surface area contributed by atoms with E-state index in [2.05, 4.69) is 28.4 Å². The van der Waals surface area contributed by atoms with Crippen molar-refractivity contribution in [2.75, 3.05) is 41.7 Å². The number of hydrogen-bond acceptors (Lipinski definition) is 8. The average molecular weight is 695 g/mol. The van der Waals surface area contributed by atoms with Crippen molar-refractivity contribution in [1.29, 1.82) is 0 Å².